The highest BCUT2D eigenvalue weighted by molar-refractivity contribution is 5.80. The van der Waals surface area contributed by atoms with Crippen LogP contribution in [-0.4, -0.2) is 40.4 Å². The van der Waals surface area contributed by atoms with Gasteiger partial charge in [-0.2, -0.15) is 0 Å². The second kappa shape index (κ2) is 8.73. The van der Waals surface area contributed by atoms with Gasteiger partial charge in [0, 0.05) is 6.42 Å². The van der Waals surface area contributed by atoms with Crippen molar-refractivity contribution in [3.63, 3.8) is 0 Å². The fourth-order valence-electron chi connectivity index (χ4n) is 3.16. The molecule has 0 aromatic heterocycles. The van der Waals surface area contributed by atoms with Crippen molar-refractivity contribution in [2.45, 2.75) is 90.9 Å². The number of carbonyl (C=O) groups excluding carboxylic acids is 2. The molecule has 150 valence electrons. The molecule has 0 radical (unpaired) electrons. The number of amides is 1. The maximum atomic E-state index is 11.9. The van der Waals surface area contributed by atoms with Crippen LogP contribution in [0, 0.1) is 11.8 Å². The minimum Gasteiger partial charge on any atom is -0.480 e. The fraction of sp³-hybridized carbons (Fsp3) is 0.842. The molecule has 0 aromatic rings. The molecular weight excluding hydrogens is 338 g/mol. The van der Waals surface area contributed by atoms with E-state index in [1.807, 2.05) is 20.8 Å². The molecule has 1 amide bonds. The van der Waals surface area contributed by atoms with E-state index in [0.717, 1.165) is 12.8 Å². The SMILES string of the molecule is CC(C)(C)OC(=O)CC1CCC([C@@H](NC(=O)OC(C)(C)C)C(=O)O)CC1. The summed E-state index contributed by atoms with van der Waals surface area (Å²) in [7, 11) is 0. The van der Waals surface area contributed by atoms with Gasteiger partial charge in [-0.25, -0.2) is 9.59 Å². The van der Waals surface area contributed by atoms with Gasteiger partial charge in [-0.3, -0.25) is 4.79 Å². The number of ether oxygens (including phenoxy) is 2. The summed E-state index contributed by atoms with van der Waals surface area (Å²) >= 11 is 0. The predicted octanol–water partition coefficient (Wildman–Crippen LogP) is 3.50. The van der Waals surface area contributed by atoms with E-state index in [4.69, 9.17) is 9.47 Å². The van der Waals surface area contributed by atoms with Crippen molar-refractivity contribution in [2.24, 2.45) is 11.8 Å². The van der Waals surface area contributed by atoms with Gasteiger partial charge in [0.1, 0.15) is 17.2 Å². The van der Waals surface area contributed by atoms with E-state index < -0.39 is 29.3 Å². The van der Waals surface area contributed by atoms with E-state index in [-0.39, 0.29) is 17.8 Å². The number of aliphatic carboxylic acids is 1. The van der Waals surface area contributed by atoms with Crippen molar-refractivity contribution >= 4 is 18.0 Å². The average molecular weight is 371 g/mol. The lowest BCUT2D eigenvalue weighted by atomic mass is 9.77. The number of nitrogens with one attached hydrogen (secondary N) is 1. The van der Waals surface area contributed by atoms with Crippen molar-refractivity contribution in [3.05, 3.63) is 0 Å². The number of carbonyl (C=O) groups is 3. The summed E-state index contributed by atoms with van der Waals surface area (Å²) in [6.45, 7) is 10.7. The Morgan fingerprint density at radius 1 is 0.962 bits per heavy atom. The molecule has 1 saturated carbocycles. The van der Waals surface area contributed by atoms with Crippen molar-refractivity contribution in [1.82, 2.24) is 5.32 Å². The summed E-state index contributed by atoms with van der Waals surface area (Å²) < 4.78 is 10.5. The van der Waals surface area contributed by atoms with Crippen LogP contribution in [0.5, 0.6) is 0 Å². The first-order valence-corrected chi connectivity index (χ1v) is 9.21. The van der Waals surface area contributed by atoms with Gasteiger partial charge in [0.05, 0.1) is 0 Å². The molecule has 1 atom stereocenters. The number of hydrogen-bond donors (Lipinski definition) is 2. The van der Waals surface area contributed by atoms with E-state index in [9.17, 15) is 19.5 Å². The summed E-state index contributed by atoms with van der Waals surface area (Å²) in [5, 5.41) is 11.9. The Balaban J connectivity index is 2.53. The van der Waals surface area contributed by atoms with E-state index in [2.05, 4.69) is 5.32 Å². The molecule has 1 aliphatic carbocycles. The molecule has 7 nitrogen and oxygen atoms in total. The quantitative estimate of drug-likeness (QED) is 0.717. The summed E-state index contributed by atoms with van der Waals surface area (Å²) in [5.74, 6) is -1.26. The molecule has 0 heterocycles. The van der Waals surface area contributed by atoms with Gasteiger partial charge in [-0.05, 0) is 79.1 Å². The van der Waals surface area contributed by atoms with Gasteiger partial charge in [0.2, 0.25) is 0 Å². The van der Waals surface area contributed by atoms with Gasteiger partial charge < -0.3 is 19.9 Å². The van der Waals surface area contributed by atoms with Gasteiger partial charge in [0.15, 0.2) is 0 Å². The first-order chi connectivity index (χ1) is 11.8. The maximum Gasteiger partial charge on any atom is 0.408 e. The van der Waals surface area contributed by atoms with Crippen LogP contribution in [0.2, 0.25) is 0 Å². The minimum absolute atomic E-state index is 0.171. The Morgan fingerprint density at radius 3 is 1.88 bits per heavy atom. The zero-order valence-electron chi connectivity index (χ0n) is 16.8. The Hall–Kier alpha value is -1.79. The Morgan fingerprint density at radius 2 is 1.46 bits per heavy atom. The summed E-state index contributed by atoms with van der Waals surface area (Å²) in [6.07, 6.45) is 2.38. The van der Waals surface area contributed by atoms with Gasteiger partial charge in [-0.15, -0.1) is 0 Å². The Labute approximate surface area is 155 Å². The molecule has 0 aliphatic heterocycles. The zero-order chi connectivity index (χ0) is 20.1. The Bertz CT molecular complexity index is 509. The first-order valence-electron chi connectivity index (χ1n) is 9.21. The summed E-state index contributed by atoms with van der Waals surface area (Å²) in [6, 6.07) is -0.979. The van der Waals surface area contributed by atoms with Crippen LogP contribution in [0.15, 0.2) is 0 Å². The molecule has 0 bridgehead atoms. The van der Waals surface area contributed by atoms with Crippen molar-refractivity contribution < 1.29 is 29.0 Å². The summed E-state index contributed by atoms with van der Waals surface area (Å²) in [4.78, 5) is 35.4. The zero-order valence-corrected chi connectivity index (χ0v) is 16.8. The van der Waals surface area contributed by atoms with E-state index in [1.54, 1.807) is 20.8 Å². The van der Waals surface area contributed by atoms with Gasteiger partial charge >= 0.3 is 18.0 Å². The highest BCUT2D eigenvalue weighted by Gasteiger charge is 2.35. The third-order valence-electron chi connectivity index (χ3n) is 4.18. The largest absolute Gasteiger partial charge is 0.480 e. The molecule has 0 unspecified atom stereocenters. The van der Waals surface area contributed by atoms with Crippen LogP contribution < -0.4 is 5.32 Å². The molecule has 1 aliphatic rings. The molecule has 2 N–H and O–H groups in total. The second-order valence-corrected chi connectivity index (χ2v) is 9.03. The van der Waals surface area contributed by atoms with Crippen LogP contribution in [-0.2, 0) is 19.1 Å². The minimum atomic E-state index is -1.06. The number of esters is 1. The molecule has 0 saturated heterocycles. The molecule has 7 heteroatoms. The van der Waals surface area contributed by atoms with E-state index in [0.29, 0.717) is 19.3 Å². The van der Waals surface area contributed by atoms with Crippen molar-refractivity contribution in [3.8, 4) is 0 Å². The number of carboxylic acids is 1. The van der Waals surface area contributed by atoms with Crippen LogP contribution >= 0.6 is 0 Å². The number of rotatable bonds is 5. The topological polar surface area (TPSA) is 102 Å². The number of hydrogen-bond acceptors (Lipinski definition) is 5. The van der Waals surface area contributed by atoms with Crippen LogP contribution in [0.4, 0.5) is 4.79 Å². The predicted molar refractivity (Wildman–Crippen MR) is 96.7 cm³/mol. The number of carboxylic acid groups (broad SMARTS) is 1. The Kier molecular flexibility index (Phi) is 7.47. The first kappa shape index (κ1) is 22.3. The third kappa shape index (κ3) is 8.54. The molecule has 1 fully saturated rings. The van der Waals surface area contributed by atoms with Crippen molar-refractivity contribution in [2.75, 3.05) is 0 Å². The molecule has 1 rings (SSSR count). The standard InChI is InChI=1S/C19H33NO6/c1-18(2,3)25-14(21)11-12-7-9-13(10-8-12)15(16(22)23)20-17(24)26-19(4,5)6/h12-13,15H,7-11H2,1-6H3,(H,20,24)(H,22,23)/t12?,13?,15-/m1/s1. The maximum absolute atomic E-state index is 11.9. The third-order valence-corrected chi connectivity index (χ3v) is 4.18. The lowest BCUT2D eigenvalue weighted by molar-refractivity contribution is -0.156. The lowest BCUT2D eigenvalue weighted by Crippen LogP contribution is -2.48. The average Bonchev–Trinajstić information content (AvgIpc) is 2.41. The summed E-state index contributed by atoms with van der Waals surface area (Å²) in [5.41, 5.74) is -1.18. The normalized spacial score (nSPS) is 22.2. The van der Waals surface area contributed by atoms with E-state index >= 15 is 0 Å². The smallest absolute Gasteiger partial charge is 0.408 e. The highest BCUT2D eigenvalue weighted by Crippen LogP contribution is 2.33. The fourth-order valence-corrected chi connectivity index (χ4v) is 3.16. The van der Waals surface area contributed by atoms with Gasteiger partial charge in [0.25, 0.3) is 0 Å². The van der Waals surface area contributed by atoms with Gasteiger partial charge in [-0.1, -0.05) is 0 Å². The number of alkyl carbamates (subject to hydrolysis) is 1. The monoisotopic (exact) mass is 371 g/mol. The second-order valence-electron chi connectivity index (χ2n) is 9.03. The molecule has 0 spiro atoms. The lowest BCUT2D eigenvalue weighted by Gasteiger charge is -2.32. The van der Waals surface area contributed by atoms with Crippen LogP contribution in [0.1, 0.15) is 73.6 Å². The molecular formula is C19H33NO6. The van der Waals surface area contributed by atoms with Crippen molar-refractivity contribution in [1.29, 1.82) is 0 Å². The molecule has 26 heavy (non-hydrogen) atoms. The van der Waals surface area contributed by atoms with Crippen LogP contribution in [0.3, 0.4) is 0 Å². The van der Waals surface area contributed by atoms with E-state index in [1.165, 1.54) is 0 Å². The molecule has 0 aromatic carbocycles. The van der Waals surface area contributed by atoms with Crippen LogP contribution in [0.25, 0.3) is 0 Å². The highest BCUT2D eigenvalue weighted by atomic mass is 16.6.